The summed E-state index contributed by atoms with van der Waals surface area (Å²) >= 11 is 1.52. The highest BCUT2D eigenvalue weighted by Gasteiger charge is 2.22. The first-order chi connectivity index (χ1) is 14.1. The monoisotopic (exact) mass is 411 g/mol. The summed E-state index contributed by atoms with van der Waals surface area (Å²) in [5.74, 6) is -0.413. The highest BCUT2D eigenvalue weighted by molar-refractivity contribution is 7.20. The molecule has 7 heteroatoms. The first kappa shape index (κ1) is 19.5. The number of nitrogens with one attached hydrogen (secondary N) is 1. The van der Waals surface area contributed by atoms with E-state index in [1.165, 1.54) is 23.5 Å². The molecular formula is C22H22FN3O2S. The second-order valence-corrected chi connectivity index (χ2v) is 8.21. The van der Waals surface area contributed by atoms with Crippen molar-refractivity contribution in [3.8, 4) is 0 Å². The van der Waals surface area contributed by atoms with Gasteiger partial charge in [0.2, 0.25) is 5.91 Å². The molecule has 0 radical (unpaired) electrons. The first-order valence-electron chi connectivity index (χ1n) is 9.64. The van der Waals surface area contributed by atoms with Gasteiger partial charge in [-0.25, -0.2) is 4.39 Å². The SMILES string of the molecule is O=C(CN1CCCN(C(=O)c2cc3ccccc3s2)CC1)Nc1ccc(F)cc1. The van der Waals surface area contributed by atoms with E-state index in [2.05, 4.69) is 10.2 Å². The van der Waals surface area contributed by atoms with Gasteiger partial charge < -0.3 is 10.2 Å². The number of hydrogen-bond donors (Lipinski definition) is 1. The number of anilines is 1. The fourth-order valence-electron chi connectivity index (χ4n) is 3.51. The minimum atomic E-state index is -0.334. The number of carbonyl (C=O) groups is 2. The fourth-order valence-corrected chi connectivity index (χ4v) is 4.54. The van der Waals surface area contributed by atoms with Crippen LogP contribution in [0.1, 0.15) is 16.1 Å². The van der Waals surface area contributed by atoms with Crippen LogP contribution >= 0.6 is 11.3 Å². The molecule has 2 amide bonds. The molecule has 1 N–H and O–H groups in total. The van der Waals surface area contributed by atoms with E-state index in [1.54, 1.807) is 12.1 Å². The molecule has 0 aliphatic carbocycles. The molecule has 1 fully saturated rings. The van der Waals surface area contributed by atoms with Gasteiger partial charge in [-0.3, -0.25) is 14.5 Å². The number of hydrogen-bond acceptors (Lipinski definition) is 4. The molecule has 1 aliphatic rings. The lowest BCUT2D eigenvalue weighted by Gasteiger charge is -2.21. The minimum Gasteiger partial charge on any atom is -0.337 e. The molecule has 0 saturated carbocycles. The van der Waals surface area contributed by atoms with E-state index in [4.69, 9.17) is 0 Å². The number of benzene rings is 2. The molecule has 2 heterocycles. The number of rotatable bonds is 4. The Morgan fingerprint density at radius 1 is 1.00 bits per heavy atom. The third-order valence-electron chi connectivity index (χ3n) is 5.01. The quantitative estimate of drug-likeness (QED) is 0.710. The molecule has 150 valence electrons. The number of halogens is 1. The minimum absolute atomic E-state index is 0.0591. The molecule has 4 rings (SSSR count). The molecule has 0 unspecified atom stereocenters. The Morgan fingerprint density at radius 3 is 2.59 bits per heavy atom. The Morgan fingerprint density at radius 2 is 1.79 bits per heavy atom. The van der Waals surface area contributed by atoms with Gasteiger partial charge in [0.1, 0.15) is 5.82 Å². The van der Waals surface area contributed by atoms with Gasteiger partial charge in [0.05, 0.1) is 11.4 Å². The van der Waals surface area contributed by atoms with Gasteiger partial charge in [-0.2, -0.15) is 0 Å². The maximum atomic E-state index is 13.0. The molecule has 2 aromatic carbocycles. The van der Waals surface area contributed by atoms with E-state index >= 15 is 0 Å². The predicted octanol–water partition coefficient (Wildman–Crippen LogP) is 3.83. The summed E-state index contributed by atoms with van der Waals surface area (Å²) in [6, 6.07) is 15.7. The highest BCUT2D eigenvalue weighted by atomic mass is 32.1. The van der Waals surface area contributed by atoms with Crippen LogP contribution in [0.5, 0.6) is 0 Å². The van der Waals surface area contributed by atoms with Crippen molar-refractivity contribution in [2.45, 2.75) is 6.42 Å². The Balaban J connectivity index is 1.33. The summed E-state index contributed by atoms with van der Waals surface area (Å²) in [5.41, 5.74) is 0.577. The van der Waals surface area contributed by atoms with Gasteiger partial charge in [0.15, 0.2) is 0 Å². The van der Waals surface area contributed by atoms with Crippen LogP contribution < -0.4 is 5.32 Å². The average molecular weight is 412 g/mol. The molecule has 1 aliphatic heterocycles. The largest absolute Gasteiger partial charge is 0.337 e. The molecule has 5 nitrogen and oxygen atoms in total. The van der Waals surface area contributed by atoms with E-state index in [-0.39, 0.29) is 24.2 Å². The van der Waals surface area contributed by atoms with E-state index in [1.807, 2.05) is 35.2 Å². The van der Waals surface area contributed by atoms with Gasteiger partial charge in [0.25, 0.3) is 5.91 Å². The number of amides is 2. The lowest BCUT2D eigenvalue weighted by molar-refractivity contribution is -0.117. The van der Waals surface area contributed by atoms with Crippen molar-refractivity contribution < 1.29 is 14.0 Å². The van der Waals surface area contributed by atoms with Gasteiger partial charge in [-0.05, 0) is 48.2 Å². The Bertz CT molecular complexity index is 985. The third kappa shape index (κ3) is 4.81. The zero-order valence-corrected chi connectivity index (χ0v) is 16.8. The summed E-state index contributed by atoms with van der Waals surface area (Å²) < 4.78 is 14.1. The van der Waals surface area contributed by atoms with Crippen molar-refractivity contribution in [3.63, 3.8) is 0 Å². The molecule has 0 atom stereocenters. The van der Waals surface area contributed by atoms with Crippen molar-refractivity contribution >= 4 is 38.9 Å². The summed E-state index contributed by atoms with van der Waals surface area (Å²) in [6.45, 7) is 2.93. The fraction of sp³-hybridized carbons (Fsp3) is 0.273. The van der Waals surface area contributed by atoms with Crippen molar-refractivity contribution in [1.82, 2.24) is 9.80 Å². The second-order valence-electron chi connectivity index (χ2n) is 7.13. The van der Waals surface area contributed by atoms with Gasteiger partial charge in [-0.1, -0.05) is 18.2 Å². The zero-order chi connectivity index (χ0) is 20.2. The zero-order valence-electron chi connectivity index (χ0n) is 15.9. The summed E-state index contributed by atoms with van der Waals surface area (Å²) in [4.78, 5) is 29.9. The van der Waals surface area contributed by atoms with Crippen molar-refractivity contribution in [2.24, 2.45) is 0 Å². The number of carbonyl (C=O) groups excluding carboxylic acids is 2. The maximum absolute atomic E-state index is 13.0. The van der Waals surface area contributed by atoms with Crippen LogP contribution in [0, 0.1) is 5.82 Å². The maximum Gasteiger partial charge on any atom is 0.264 e. The van der Waals surface area contributed by atoms with Crippen LogP contribution in [0.15, 0.2) is 54.6 Å². The third-order valence-corrected chi connectivity index (χ3v) is 6.11. The number of fused-ring (bicyclic) bond motifs is 1. The summed E-state index contributed by atoms with van der Waals surface area (Å²) in [7, 11) is 0. The topological polar surface area (TPSA) is 52.7 Å². The molecule has 1 saturated heterocycles. The van der Waals surface area contributed by atoms with Gasteiger partial charge >= 0.3 is 0 Å². The second kappa shape index (κ2) is 8.71. The summed E-state index contributed by atoms with van der Waals surface area (Å²) in [6.07, 6.45) is 0.820. The Kier molecular flexibility index (Phi) is 5.87. The van der Waals surface area contributed by atoms with Crippen LogP contribution in [0.4, 0.5) is 10.1 Å². The van der Waals surface area contributed by atoms with Crippen LogP contribution in [0.2, 0.25) is 0 Å². The number of thiophene rings is 1. The summed E-state index contributed by atoms with van der Waals surface area (Å²) in [5, 5.41) is 3.88. The highest BCUT2D eigenvalue weighted by Crippen LogP contribution is 2.26. The molecule has 0 spiro atoms. The first-order valence-corrected chi connectivity index (χ1v) is 10.5. The van der Waals surface area contributed by atoms with Crippen molar-refractivity contribution in [3.05, 3.63) is 65.3 Å². The van der Waals surface area contributed by atoms with Crippen LogP contribution in [-0.4, -0.2) is 54.3 Å². The van der Waals surface area contributed by atoms with Gasteiger partial charge in [0, 0.05) is 36.6 Å². The molecule has 3 aromatic rings. The molecule has 29 heavy (non-hydrogen) atoms. The van der Waals surface area contributed by atoms with Gasteiger partial charge in [-0.15, -0.1) is 11.3 Å². The standard InChI is InChI=1S/C22H22FN3O2S/c23-17-6-8-18(9-7-17)24-21(27)15-25-10-3-11-26(13-12-25)22(28)20-14-16-4-1-2-5-19(16)29-20/h1-2,4-9,14H,3,10-13,15H2,(H,24,27). The smallest absolute Gasteiger partial charge is 0.264 e. The predicted molar refractivity (Wildman–Crippen MR) is 114 cm³/mol. The lowest BCUT2D eigenvalue weighted by Crippen LogP contribution is -2.37. The van der Waals surface area contributed by atoms with Crippen LogP contribution in [0.25, 0.3) is 10.1 Å². The lowest BCUT2D eigenvalue weighted by atomic mass is 10.2. The van der Waals surface area contributed by atoms with Crippen LogP contribution in [0.3, 0.4) is 0 Å². The number of nitrogens with zero attached hydrogens (tertiary/aromatic N) is 2. The molecule has 1 aromatic heterocycles. The molecular weight excluding hydrogens is 389 g/mol. The molecule has 0 bridgehead atoms. The normalized spacial score (nSPS) is 15.3. The van der Waals surface area contributed by atoms with Crippen LogP contribution in [-0.2, 0) is 4.79 Å². The van der Waals surface area contributed by atoms with Crippen molar-refractivity contribution in [2.75, 3.05) is 38.0 Å². The van der Waals surface area contributed by atoms with Crippen molar-refractivity contribution in [1.29, 1.82) is 0 Å². The Labute approximate surface area is 172 Å². The van der Waals surface area contributed by atoms with E-state index in [0.29, 0.717) is 25.3 Å². The van der Waals surface area contributed by atoms with E-state index < -0.39 is 0 Å². The average Bonchev–Trinajstić information content (AvgIpc) is 3.02. The van der Waals surface area contributed by atoms with E-state index in [9.17, 15) is 14.0 Å². The Hall–Kier alpha value is -2.77. The van der Waals surface area contributed by atoms with E-state index in [0.717, 1.165) is 27.9 Å².